The quantitative estimate of drug-likeness (QED) is 0.651. The second kappa shape index (κ2) is 3.58. The fourth-order valence-electron chi connectivity index (χ4n) is 0.910. The van der Waals surface area contributed by atoms with Crippen molar-refractivity contribution in [2.45, 2.75) is 13.3 Å². The van der Waals surface area contributed by atoms with Crippen LogP contribution in [0.4, 0.5) is 8.78 Å². The van der Waals surface area contributed by atoms with Crippen LogP contribution in [0.25, 0.3) is 0 Å². The lowest BCUT2D eigenvalue weighted by atomic mass is 10.1. The second-order valence-electron chi connectivity index (χ2n) is 2.43. The van der Waals surface area contributed by atoms with Crippen molar-refractivity contribution in [1.82, 2.24) is 0 Å². The van der Waals surface area contributed by atoms with Gasteiger partial charge in [0.15, 0.2) is 0 Å². The van der Waals surface area contributed by atoms with Gasteiger partial charge in [-0.1, -0.05) is 23.2 Å². The Bertz CT molecular complexity index is 297. The van der Waals surface area contributed by atoms with Gasteiger partial charge in [0.25, 0.3) is 6.43 Å². The van der Waals surface area contributed by atoms with Crippen LogP contribution in [0.15, 0.2) is 12.1 Å². The molecule has 1 aromatic rings. The molecule has 0 aliphatic rings. The monoisotopic (exact) mass is 210 g/mol. The lowest BCUT2D eigenvalue weighted by molar-refractivity contribution is 0.151. The van der Waals surface area contributed by atoms with Gasteiger partial charge in [0.1, 0.15) is 0 Å². The topological polar surface area (TPSA) is 0 Å². The molecule has 0 heterocycles. The summed E-state index contributed by atoms with van der Waals surface area (Å²) < 4.78 is 24.5. The summed E-state index contributed by atoms with van der Waals surface area (Å²) in [4.78, 5) is 0. The van der Waals surface area contributed by atoms with Crippen LogP contribution >= 0.6 is 23.2 Å². The standard InChI is InChI=1S/C8H6Cl2F2/c1-4-2-5(9)3-6(7(4)10)8(11)12/h2-3,8H,1H3. The third kappa shape index (κ3) is 1.87. The SMILES string of the molecule is Cc1cc(Cl)cc(C(F)F)c1Cl. The van der Waals surface area contributed by atoms with Crippen molar-refractivity contribution in [2.75, 3.05) is 0 Å². The average molecular weight is 211 g/mol. The molecule has 12 heavy (non-hydrogen) atoms. The average Bonchev–Trinajstić information content (AvgIpc) is 1.96. The largest absolute Gasteiger partial charge is 0.265 e. The smallest absolute Gasteiger partial charge is 0.205 e. The van der Waals surface area contributed by atoms with Gasteiger partial charge in [-0.3, -0.25) is 0 Å². The van der Waals surface area contributed by atoms with E-state index in [0.717, 1.165) is 0 Å². The van der Waals surface area contributed by atoms with Crippen molar-refractivity contribution >= 4 is 23.2 Å². The van der Waals surface area contributed by atoms with Crippen LogP contribution < -0.4 is 0 Å². The van der Waals surface area contributed by atoms with Crippen molar-refractivity contribution in [3.8, 4) is 0 Å². The first-order valence-corrected chi connectivity index (χ1v) is 4.01. The zero-order valence-electron chi connectivity index (χ0n) is 6.24. The second-order valence-corrected chi connectivity index (χ2v) is 3.24. The van der Waals surface area contributed by atoms with Crippen molar-refractivity contribution < 1.29 is 8.78 Å². The molecule has 0 saturated carbocycles. The number of halogens is 4. The van der Waals surface area contributed by atoms with Crippen LogP contribution in [0.3, 0.4) is 0 Å². The molecule has 1 rings (SSSR count). The minimum atomic E-state index is -2.57. The van der Waals surface area contributed by atoms with Gasteiger partial charge in [0.05, 0.1) is 5.02 Å². The maximum absolute atomic E-state index is 12.2. The minimum absolute atomic E-state index is 0.0920. The zero-order valence-corrected chi connectivity index (χ0v) is 7.76. The van der Waals surface area contributed by atoms with E-state index in [2.05, 4.69) is 0 Å². The van der Waals surface area contributed by atoms with Crippen LogP contribution in [-0.4, -0.2) is 0 Å². The van der Waals surface area contributed by atoms with Gasteiger partial charge >= 0.3 is 0 Å². The van der Waals surface area contributed by atoms with E-state index in [0.29, 0.717) is 5.56 Å². The highest BCUT2D eigenvalue weighted by molar-refractivity contribution is 6.34. The highest BCUT2D eigenvalue weighted by Crippen LogP contribution is 2.32. The maximum atomic E-state index is 12.2. The molecule has 0 aliphatic heterocycles. The molecule has 4 heteroatoms. The van der Waals surface area contributed by atoms with Crippen LogP contribution in [0.2, 0.25) is 10.0 Å². The van der Waals surface area contributed by atoms with E-state index >= 15 is 0 Å². The summed E-state index contributed by atoms with van der Waals surface area (Å²) in [6.07, 6.45) is -2.57. The number of rotatable bonds is 1. The summed E-state index contributed by atoms with van der Waals surface area (Å²) in [5, 5.41) is 0.376. The molecule has 0 atom stereocenters. The van der Waals surface area contributed by atoms with E-state index in [1.165, 1.54) is 6.07 Å². The maximum Gasteiger partial charge on any atom is 0.265 e. The fourth-order valence-corrected chi connectivity index (χ4v) is 1.38. The van der Waals surface area contributed by atoms with Gasteiger partial charge in [-0.2, -0.15) is 0 Å². The highest BCUT2D eigenvalue weighted by Gasteiger charge is 2.14. The molecule has 1 aromatic carbocycles. The van der Waals surface area contributed by atoms with E-state index in [9.17, 15) is 8.78 Å². The molecule has 0 bridgehead atoms. The number of alkyl halides is 2. The van der Waals surface area contributed by atoms with Gasteiger partial charge in [-0.05, 0) is 24.6 Å². The first kappa shape index (κ1) is 9.75. The summed E-state index contributed by atoms with van der Waals surface area (Å²) in [5.74, 6) is 0. The van der Waals surface area contributed by atoms with E-state index in [1.807, 2.05) is 0 Å². The number of aryl methyl sites for hydroxylation is 1. The Morgan fingerprint density at radius 3 is 2.33 bits per heavy atom. The molecule has 0 N–H and O–H groups in total. The van der Waals surface area contributed by atoms with Crippen molar-refractivity contribution in [1.29, 1.82) is 0 Å². The van der Waals surface area contributed by atoms with Gasteiger partial charge in [0.2, 0.25) is 0 Å². The molecule has 0 aromatic heterocycles. The molecule has 0 aliphatic carbocycles. The van der Waals surface area contributed by atoms with Crippen LogP contribution in [0.1, 0.15) is 17.6 Å². The van der Waals surface area contributed by atoms with E-state index in [1.54, 1.807) is 13.0 Å². The summed E-state index contributed by atoms with van der Waals surface area (Å²) in [5.41, 5.74) is 0.362. The summed E-state index contributed by atoms with van der Waals surface area (Å²) in [6, 6.07) is 2.73. The lowest BCUT2D eigenvalue weighted by Gasteiger charge is -2.06. The van der Waals surface area contributed by atoms with Gasteiger partial charge in [-0.15, -0.1) is 0 Å². The number of hydrogen-bond acceptors (Lipinski definition) is 0. The Labute approximate surface area is 79.1 Å². The minimum Gasteiger partial charge on any atom is -0.205 e. The molecule has 0 radical (unpaired) electrons. The molecule has 0 unspecified atom stereocenters. The molecule has 0 spiro atoms. The fraction of sp³-hybridized carbons (Fsp3) is 0.250. The Hall–Kier alpha value is -0.340. The molecule has 66 valence electrons. The molecule has 0 saturated heterocycles. The highest BCUT2D eigenvalue weighted by atomic mass is 35.5. The molecule has 0 nitrogen and oxygen atoms in total. The molecular weight excluding hydrogens is 205 g/mol. The third-order valence-corrected chi connectivity index (χ3v) is 2.22. The predicted octanol–water partition coefficient (Wildman–Crippen LogP) is 4.24. The Balaban J connectivity index is 3.28. The molecule has 0 fully saturated rings. The van der Waals surface area contributed by atoms with E-state index < -0.39 is 6.43 Å². The van der Waals surface area contributed by atoms with Gasteiger partial charge in [0, 0.05) is 10.6 Å². The molecule has 0 amide bonds. The number of hydrogen-bond donors (Lipinski definition) is 0. The predicted molar refractivity (Wildman–Crippen MR) is 46.2 cm³/mol. The Morgan fingerprint density at radius 1 is 1.25 bits per heavy atom. The third-order valence-electron chi connectivity index (χ3n) is 1.48. The first-order valence-electron chi connectivity index (χ1n) is 3.26. The van der Waals surface area contributed by atoms with E-state index in [4.69, 9.17) is 23.2 Å². The van der Waals surface area contributed by atoms with Gasteiger partial charge in [-0.25, -0.2) is 8.78 Å². The number of benzene rings is 1. The zero-order chi connectivity index (χ0) is 9.30. The summed E-state index contributed by atoms with van der Waals surface area (Å²) in [7, 11) is 0. The van der Waals surface area contributed by atoms with Crippen LogP contribution in [-0.2, 0) is 0 Å². The first-order chi connectivity index (χ1) is 5.52. The van der Waals surface area contributed by atoms with Crippen molar-refractivity contribution in [2.24, 2.45) is 0 Å². The van der Waals surface area contributed by atoms with E-state index in [-0.39, 0.29) is 15.6 Å². The molecular formula is C8H6Cl2F2. The lowest BCUT2D eigenvalue weighted by Crippen LogP contribution is -1.88. The van der Waals surface area contributed by atoms with Crippen molar-refractivity contribution in [3.63, 3.8) is 0 Å². The Kier molecular flexibility index (Phi) is 2.91. The normalized spacial score (nSPS) is 10.8. The van der Waals surface area contributed by atoms with Crippen molar-refractivity contribution in [3.05, 3.63) is 33.3 Å². The van der Waals surface area contributed by atoms with Crippen LogP contribution in [0.5, 0.6) is 0 Å². The van der Waals surface area contributed by atoms with Crippen LogP contribution in [0, 0.1) is 6.92 Å². The Morgan fingerprint density at radius 2 is 1.83 bits per heavy atom. The summed E-state index contributed by atoms with van der Waals surface area (Å²) in [6.45, 7) is 1.64. The summed E-state index contributed by atoms with van der Waals surface area (Å²) >= 11 is 11.2. The van der Waals surface area contributed by atoms with Gasteiger partial charge < -0.3 is 0 Å².